The highest BCUT2D eigenvalue weighted by molar-refractivity contribution is 5.94. The van der Waals surface area contributed by atoms with E-state index < -0.39 is 6.04 Å². The fourth-order valence-electron chi connectivity index (χ4n) is 3.52. The maximum absolute atomic E-state index is 12.4. The zero-order chi connectivity index (χ0) is 17.8. The Labute approximate surface area is 147 Å². The van der Waals surface area contributed by atoms with Crippen LogP contribution in [-0.4, -0.2) is 56.2 Å². The number of morpholine rings is 1. The summed E-state index contributed by atoms with van der Waals surface area (Å²) in [4.78, 5) is 26.7. The Balaban J connectivity index is 1.66. The lowest BCUT2D eigenvalue weighted by molar-refractivity contribution is -0.165. The number of benzene rings is 1. The molecule has 0 bridgehead atoms. The number of anilines is 1. The fraction of sp³-hybridized carbons (Fsp3) is 0.556. The second kappa shape index (κ2) is 7.74. The summed E-state index contributed by atoms with van der Waals surface area (Å²) in [6, 6.07) is 4.90. The summed E-state index contributed by atoms with van der Waals surface area (Å²) in [7, 11) is 3.10. The normalized spacial score (nSPS) is 23.4. The molecule has 2 saturated heterocycles. The predicted molar refractivity (Wildman–Crippen MR) is 91.9 cm³/mol. The number of cyclic esters (lactones) is 1. The number of amides is 1. The van der Waals surface area contributed by atoms with Gasteiger partial charge in [0, 0.05) is 17.8 Å². The highest BCUT2D eigenvalue weighted by Gasteiger charge is 2.40. The van der Waals surface area contributed by atoms with Crippen molar-refractivity contribution in [2.75, 3.05) is 32.7 Å². The van der Waals surface area contributed by atoms with Crippen LogP contribution in [-0.2, 0) is 14.3 Å². The number of rotatable bonds is 5. The molecule has 0 radical (unpaired) electrons. The Kier molecular flexibility index (Phi) is 5.43. The third-order valence-electron chi connectivity index (χ3n) is 4.81. The van der Waals surface area contributed by atoms with E-state index in [1.807, 2.05) is 0 Å². The van der Waals surface area contributed by atoms with Crippen molar-refractivity contribution >= 4 is 17.6 Å². The van der Waals surface area contributed by atoms with Crippen molar-refractivity contribution in [1.82, 2.24) is 4.90 Å². The molecule has 0 spiro atoms. The van der Waals surface area contributed by atoms with Crippen LogP contribution in [0.25, 0.3) is 0 Å². The highest BCUT2D eigenvalue weighted by Crippen LogP contribution is 2.30. The van der Waals surface area contributed by atoms with Crippen LogP contribution in [0.5, 0.6) is 11.5 Å². The Morgan fingerprint density at radius 2 is 2.08 bits per heavy atom. The molecule has 1 aromatic rings. The standard InChI is InChI=1S/C18H24N2O5/c1-23-15-7-6-12(9-16(15)24-2)19-17(21)10-14-18(22)25-11-13-5-3-4-8-20(13)14/h6-7,9,13-14H,3-5,8,10-11H2,1-2H3,(H,19,21)/t13-,14-/m1/s1. The Morgan fingerprint density at radius 3 is 2.84 bits per heavy atom. The largest absolute Gasteiger partial charge is 0.493 e. The third-order valence-corrected chi connectivity index (χ3v) is 4.81. The molecule has 7 nitrogen and oxygen atoms in total. The number of fused-ring (bicyclic) bond motifs is 1. The van der Waals surface area contributed by atoms with Gasteiger partial charge < -0.3 is 19.5 Å². The number of ether oxygens (including phenoxy) is 3. The van der Waals surface area contributed by atoms with Crippen LogP contribution in [0.3, 0.4) is 0 Å². The zero-order valence-electron chi connectivity index (χ0n) is 14.6. The van der Waals surface area contributed by atoms with Crippen molar-refractivity contribution in [3.63, 3.8) is 0 Å². The van der Waals surface area contributed by atoms with Crippen LogP contribution in [0.2, 0.25) is 0 Å². The molecule has 1 amide bonds. The van der Waals surface area contributed by atoms with Gasteiger partial charge in [-0.25, -0.2) is 0 Å². The molecule has 3 rings (SSSR count). The Hall–Kier alpha value is -2.28. The first-order valence-corrected chi connectivity index (χ1v) is 8.56. The molecule has 0 aromatic heterocycles. The van der Waals surface area contributed by atoms with E-state index in [4.69, 9.17) is 14.2 Å². The first-order chi connectivity index (χ1) is 12.1. The molecule has 1 aromatic carbocycles. The molecule has 2 heterocycles. The first-order valence-electron chi connectivity index (χ1n) is 8.56. The summed E-state index contributed by atoms with van der Waals surface area (Å²) in [6.07, 6.45) is 3.30. The summed E-state index contributed by atoms with van der Waals surface area (Å²) in [5.41, 5.74) is 0.599. The molecular formula is C18H24N2O5. The van der Waals surface area contributed by atoms with Crippen LogP contribution >= 0.6 is 0 Å². The summed E-state index contributed by atoms with van der Waals surface area (Å²) < 4.78 is 15.7. The number of nitrogens with one attached hydrogen (secondary N) is 1. The molecule has 2 aliphatic heterocycles. The van der Waals surface area contributed by atoms with Gasteiger partial charge in [-0.3, -0.25) is 14.5 Å². The lowest BCUT2D eigenvalue weighted by atomic mass is 9.97. The molecule has 25 heavy (non-hydrogen) atoms. The fourth-order valence-corrected chi connectivity index (χ4v) is 3.52. The van der Waals surface area contributed by atoms with Gasteiger partial charge in [0.1, 0.15) is 12.6 Å². The lowest BCUT2D eigenvalue weighted by Crippen LogP contribution is -2.57. The topological polar surface area (TPSA) is 77.1 Å². The van der Waals surface area contributed by atoms with Crippen LogP contribution in [0.15, 0.2) is 18.2 Å². The van der Waals surface area contributed by atoms with Crippen molar-refractivity contribution in [3.8, 4) is 11.5 Å². The molecule has 2 fully saturated rings. The number of hydrogen-bond donors (Lipinski definition) is 1. The van der Waals surface area contributed by atoms with E-state index in [1.54, 1.807) is 25.3 Å². The zero-order valence-corrected chi connectivity index (χ0v) is 14.6. The molecular weight excluding hydrogens is 324 g/mol. The quantitative estimate of drug-likeness (QED) is 0.818. The van der Waals surface area contributed by atoms with Gasteiger partial charge in [0.05, 0.1) is 20.6 Å². The van der Waals surface area contributed by atoms with E-state index in [0.29, 0.717) is 23.8 Å². The molecule has 0 unspecified atom stereocenters. The van der Waals surface area contributed by atoms with Crippen LogP contribution < -0.4 is 14.8 Å². The number of methoxy groups -OCH3 is 2. The van der Waals surface area contributed by atoms with Gasteiger partial charge in [-0.2, -0.15) is 0 Å². The number of nitrogens with zero attached hydrogens (tertiary/aromatic N) is 1. The predicted octanol–water partition coefficient (Wildman–Crippen LogP) is 1.81. The van der Waals surface area contributed by atoms with Gasteiger partial charge >= 0.3 is 5.97 Å². The molecule has 2 aliphatic rings. The van der Waals surface area contributed by atoms with E-state index in [0.717, 1.165) is 25.8 Å². The van der Waals surface area contributed by atoms with Gasteiger partial charge in [-0.1, -0.05) is 6.42 Å². The minimum atomic E-state index is -0.501. The molecule has 1 N–H and O–H groups in total. The van der Waals surface area contributed by atoms with Gasteiger partial charge in [-0.05, 0) is 31.5 Å². The van der Waals surface area contributed by atoms with Crippen LogP contribution in [0.1, 0.15) is 25.7 Å². The third kappa shape index (κ3) is 3.87. The van der Waals surface area contributed by atoms with Gasteiger partial charge in [0.25, 0.3) is 0 Å². The van der Waals surface area contributed by atoms with Gasteiger partial charge in [0.2, 0.25) is 5.91 Å². The van der Waals surface area contributed by atoms with Crippen molar-refractivity contribution in [3.05, 3.63) is 18.2 Å². The average Bonchev–Trinajstić information content (AvgIpc) is 2.64. The summed E-state index contributed by atoms with van der Waals surface area (Å²) in [5.74, 6) is 0.599. The molecule has 0 aliphatic carbocycles. The summed E-state index contributed by atoms with van der Waals surface area (Å²) in [6.45, 7) is 1.28. The summed E-state index contributed by atoms with van der Waals surface area (Å²) >= 11 is 0. The smallest absolute Gasteiger partial charge is 0.323 e. The van der Waals surface area contributed by atoms with Crippen molar-refractivity contribution < 1.29 is 23.8 Å². The minimum Gasteiger partial charge on any atom is -0.493 e. The maximum Gasteiger partial charge on any atom is 0.323 e. The molecule has 136 valence electrons. The number of carbonyl (C=O) groups excluding carboxylic acids is 2. The minimum absolute atomic E-state index is 0.0870. The van der Waals surface area contributed by atoms with E-state index in [2.05, 4.69) is 10.2 Å². The second-order valence-corrected chi connectivity index (χ2v) is 6.36. The highest BCUT2D eigenvalue weighted by atomic mass is 16.5. The molecule has 7 heteroatoms. The van der Waals surface area contributed by atoms with Crippen molar-refractivity contribution in [2.45, 2.75) is 37.8 Å². The van der Waals surface area contributed by atoms with E-state index in [1.165, 1.54) is 7.11 Å². The molecule has 0 saturated carbocycles. The van der Waals surface area contributed by atoms with Gasteiger partial charge in [0.15, 0.2) is 11.5 Å². The SMILES string of the molecule is COc1ccc(NC(=O)C[C@@H]2C(=O)OC[C@H]3CCCCN32)cc1OC. The summed E-state index contributed by atoms with van der Waals surface area (Å²) in [5, 5.41) is 2.82. The number of hydrogen-bond acceptors (Lipinski definition) is 6. The Bertz CT molecular complexity index is 648. The van der Waals surface area contributed by atoms with Crippen LogP contribution in [0, 0.1) is 0 Å². The van der Waals surface area contributed by atoms with Crippen LogP contribution in [0.4, 0.5) is 5.69 Å². The number of piperidine rings is 1. The van der Waals surface area contributed by atoms with E-state index >= 15 is 0 Å². The Morgan fingerprint density at radius 1 is 1.28 bits per heavy atom. The lowest BCUT2D eigenvalue weighted by Gasteiger charge is -2.43. The van der Waals surface area contributed by atoms with Crippen molar-refractivity contribution in [1.29, 1.82) is 0 Å². The molecule has 2 atom stereocenters. The van der Waals surface area contributed by atoms with E-state index in [-0.39, 0.29) is 24.3 Å². The number of esters is 1. The van der Waals surface area contributed by atoms with E-state index in [9.17, 15) is 9.59 Å². The maximum atomic E-state index is 12.4. The van der Waals surface area contributed by atoms with Crippen molar-refractivity contribution in [2.24, 2.45) is 0 Å². The average molecular weight is 348 g/mol. The van der Waals surface area contributed by atoms with Gasteiger partial charge in [-0.15, -0.1) is 0 Å². The second-order valence-electron chi connectivity index (χ2n) is 6.36. The monoisotopic (exact) mass is 348 g/mol. The first kappa shape index (κ1) is 17.5. The number of carbonyl (C=O) groups is 2.